The van der Waals surface area contributed by atoms with Crippen molar-refractivity contribution in [1.29, 1.82) is 0 Å². The van der Waals surface area contributed by atoms with Crippen LogP contribution in [-0.2, 0) is 0 Å². The number of aryl methyl sites for hydroxylation is 1. The van der Waals surface area contributed by atoms with Crippen LogP contribution in [0.15, 0.2) is 41.2 Å². The van der Waals surface area contributed by atoms with E-state index in [4.69, 9.17) is 5.73 Å². The van der Waals surface area contributed by atoms with Crippen molar-refractivity contribution in [3.8, 4) is 10.7 Å². The van der Waals surface area contributed by atoms with Crippen LogP contribution in [0.25, 0.3) is 31.8 Å². The number of thiophene rings is 1. The fourth-order valence-electron chi connectivity index (χ4n) is 2.46. The highest BCUT2D eigenvalue weighted by Crippen LogP contribution is 2.38. The first kappa shape index (κ1) is 13.0. The van der Waals surface area contributed by atoms with E-state index in [-0.39, 0.29) is 5.56 Å². The molecular formula is C16H12N4OS. The Labute approximate surface area is 129 Å². The topological polar surface area (TPSA) is 84.7 Å². The SMILES string of the molecule is Cc1ccc2c(N)c(-c3nc4ccccc4c(=O)[nH]3)sc2n1. The molecule has 0 saturated carbocycles. The van der Waals surface area contributed by atoms with E-state index >= 15 is 0 Å². The van der Waals surface area contributed by atoms with E-state index in [2.05, 4.69) is 15.0 Å². The zero-order valence-electron chi connectivity index (χ0n) is 11.8. The second kappa shape index (κ2) is 4.64. The molecule has 0 bridgehead atoms. The summed E-state index contributed by atoms with van der Waals surface area (Å²) in [7, 11) is 0. The molecule has 108 valence electrons. The molecule has 3 aromatic heterocycles. The molecule has 3 N–H and O–H groups in total. The molecule has 4 rings (SSSR count). The number of nitrogens with one attached hydrogen (secondary N) is 1. The minimum atomic E-state index is -0.165. The number of aromatic amines is 1. The Morgan fingerprint density at radius 1 is 1.09 bits per heavy atom. The van der Waals surface area contributed by atoms with Gasteiger partial charge < -0.3 is 10.7 Å². The van der Waals surface area contributed by atoms with Gasteiger partial charge in [0.25, 0.3) is 5.56 Å². The lowest BCUT2D eigenvalue weighted by Gasteiger charge is -2.01. The summed E-state index contributed by atoms with van der Waals surface area (Å²) in [6.45, 7) is 1.94. The van der Waals surface area contributed by atoms with Crippen molar-refractivity contribution in [3.63, 3.8) is 0 Å². The highest BCUT2D eigenvalue weighted by atomic mass is 32.1. The van der Waals surface area contributed by atoms with Gasteiger partial charge in [0, 0.05) is 11.1 Å². The molecule has 0 fully saturated rings. The second-order valence-corrected chi connectivity index (χ2v) is 6.08. The van der Waals surface area contributed by atoms with Crippen LogP contribution in [0.4, 0.5) is 5.69 Å². The number of anilines is 1. The predicted molar refractivity (Wildman–Crippen MR) is 90.1 cm³/mol. The van der Waals surface area contributed by atoms with Gasteiger partial charge in [-0.1, -0.05) is 12.1 Å². The van der Waals surface area contributed by atoms with Crippen molar-refractivity contribution < 1.29 is 0 Å². The third-order valence-corrected chi connectivity index (χ3v) is 4.68. The van der Waals surface area contributed by atoms with Gasteiger partial charge in [-0.05, 0) is 31.2 Å². The maximum absolute atomic E-state index is 12.2. The van der Waals surface area contributed by atoms with E-state index < -0.39 is 0 Å². The van der Waals surface area contributed by atoms with Crippen LogP contribution in [-0.4, -0.2) is 15.0 Å². The Morgan fingerprint density at radius 2 is 1.91 bits per heavy atom. The van der Waals surface area contributed by atoms with E-state index in [0.717, 1.165) is 20.8 Å². The highest BCUT2D eigenvalue weighted by Gasteiger charge is 2.15. The molecule has 22 heavy (non-hydrogen) atoms. The molecule has 0 radical (unpaired) electrons. The number of pyridine rings is 1. The van der Waals surface area contributed by atoms with Gasteiger partial charge in [0.1, 0.15) is 4.83 Å². The fraction of sp³-hybridized carbons (Fsp3) is 0.0625. The number of benzene rings is 1. The van der Waals surface area contributed by atoms with Crippen LogP contribution >= 0.6 is 11.3 Å². The Bertz CT molecular complexity index is 1080. The molecule has 3 heterocycles. The average molecular weight is 308 g/mol. The molecule has 0 saturated heterocycles. The third-order valence-electron chi connectivity index (χ3n) is 3.56. The van der Waals surface area contributed by atoms with E-state index in [0.29, 0.717) is 22.4 Å². The van der Waals surface area contributed by atoms with E-state index in [9.17, 15) is 4.79 Å². The maximum atomic E-state index is 12.2. The van der Waals surface area contributed by atoms with Gasteiger partial charge in [0.05, 0.1) is 21.5 Å². The molecule has 6 heteroatoms. The lowest BCUT2D eigenvalue weighted by Crippen LogP contribution is -2.09. The minimum absolute atomic E-state index is 0.165. The number of H-pyrrole nitrogens is 1. The summed E-state index contributed by atoms with van der Waals surface area (Å²) in [4.78, 5) is 25.6. The van der Waals surface area contributed by atoms with Gasteiger partial charge in [-0.2, -0.15) is 0 Å². The summed E-state index contributed by atoms with van der Waals surface area (Å²) in [6.07, 6.45) is 0. The second-order valence-electron chi connectivity index (χ2n) is 5.08. The van der Waals surface area contributed by atoms with Crippen LogP contribution in [0.5, 0.6) is 0 Å². The minimum Gasteiger partial charge on any atom is -0.397 e. The summed E-state index contributed by atoms with van der Waals surface area (Å²) < 4.78 is 0. The molecular weight excluding hydrogens is 296 g/mol. The number of hydrogen-bond acceptors (Lipinski definition) is 5. The quantitative estimate of drug-likeness (QED) is 0.566. The molecule has 5 nitrogen and oxygen atoms in total. The number of rotatable bonds is 1. The van der Waals surface area contributed by atoms with Crippen molar-refractivity contribution >= 4 is 38.1 Å². The van der Waals surface area contributed by atoms with Crippen LogP contribution in [0.3, 0.4) is 0 Å². The summed E-state index contributed by atoms with van der Waals surface area (Å²) in [6, 6.07) is 11.1. The molecule has 0 amide bonds. The number of nitrogen functional groups attached to an aromatic ring is 1. The van der Waals surface area contributed by atoms with Crippen molar-refractivity contribution in [3.05, 3.63) is 52.4 Å². The summed E-state index contributed by atoms with van der Waals surface area (Å²) in [5.74, 6) is 0.488. The Hall–Kier alpha value is -2.73. The normalized spacial score (nSPS) is 11.3. The number of fused-ring (bicyclic) bond motifs is 2. The number of nitrogens with zero attached hydrogens (tertiary/aromatic N) is 2. The number of hydrogen-bond donors (Lipinski definition) is 2. The van der Waals surface area contributed by atoms with Crippen molar-refractivity contribution in [2.45, 2.75) is 6.92 Å². The van der Waals surface area contributed by atoms with E-state index in [1.165, 1.54) is 11.3 Å². The average Bonchev–Trinajstić information content (AvgIpc) is 2.83. The van der Waals surface area contributed by atoms with Gasteiger partial charge in [0.15, 0.2) is 5.82 Å². The van der Waals surface area contributed by atoms with Gasteiger partial charge in [-0.15, -0.1) is 11.3 Å². The number of nitrogens with two attached hydrogens (primary N) is 1. The van der Waals surface area contributed by atoms with E-state index in [1.807, 2.05) is 37.3 Å². The zero-order chi connectivity index (χ0) is 15.3. The molecule has 0 spiro atoms. The monoisotopic (exact) mass is 308 g/mol. The van der Waals surface area contributed by atoms with Crippen LogP contribution in [0, 0.1) is 6.92 Å². The van der Waals surface area contributed by atoms with Crippen molar-refractivity contribution in [2.24, 2.45) is 0 Å². The number of aromatic nitrogens is 3. The number of para-hydroxylation sites is 1. The van der Waals surface area contributed by atoms with Gasteiger partial charge in [0.2, 0.25) is 0 Å². The highest BCUT2D eigenvalue weighted by molar-refractivity contribution is 7.22. The Morgan fingerprint density at radius 3 is 2.77 bits per heavy atom. The smallest absolute Gasteiger partial charge is 0.259 e. The Kier molecular flexibility index (Phi) is 2.74. The first-order valence-electron chi connectivity index (χ1n) is 6.78. The molecule has 4 aromatic rings. The van der Waals surface area contributed by atoms with Crippen molar-refractivity contribution in [2.75, 3.05) is 5.73 Å². The molecule has 0 aliphatic heterocycles. The summed E-state index contributed by atoms with van der Waals surface area (Å²) >= 11 is 1.44. The molecule has 1 aromatic carbocycles. The molecule has 0 atom stereocenters. The lowest BCUT2D eigenvalue weighted by molar-refractivity contribution is 1.19. The van der Waals surface area contributed by atoms with Crippen LogP contribution in [0.2, 0.25) is 0 Å². The summed E-state index contributed by atoms with van der Waals surface area (Å²) in [5, 5.41) is 1.46. The van der Waals surface area contributed by atoms with Crippen LogP contribution in [0.1, 0.15) is 5.69 Å². The molecule has 0 aliphatic rings. The zero-order valence-corrected chi connectivity index (χ0v) is 12.6. The third kappa shape index (κ3) is 1.88. The largest absolute Gasteiger partial charge is 0.397 e. The molecule has 0 unspecified atom stereocenters. The first-order chi connectivity index (χ1) is 10.6. The van der Waals surface area contributed by atoms with Gasteiger partial charge in [-0.3, -0.25) is 4.79 Å². The maximum Gasteiger partial charge on any atom is 0.259 e. The van der Waals surface area contributed by atoms with Crippen LogP contribution < -0.4 is 11.3 Å². The molecule has 0 aliphatic carbocycles. The van der Waals surface area contributed by atoms with Gasteiger partial charge in [-0.25, -0.2) is 9.97 Å². The predicted octanol–water partition coefficient (Wildman–Crippen LogP) is 3.09. The fourth-order valence-corrected chi connectivity index (χ4v) is 3.54. The Balaban J connectivity index is 2.03. The van der Waals surface area contributed by atoms with Gasteiger partial charge >= 0.3 is 0 Å². The van der Waals surface area contributed by atoms with E-state index in [1.54, 1.807) is 6.07 Å². The first-order valence-corrected chi connectivity index (χ1v) is 7.60. The standard InChI is InChI=1S/C16H12N4OS/c1-8-6-7-10-12(17)13(22-16(10)18-8)14-19-11-5-3-2-4-9(11)15(21)20-14/h2-7H,17H2,1H3,(H,19,20,21). The lowest BCUT2D eigenvalue weighted by atomic mass is 10.2. The van der Waals surface area contributed by atoms with Crippen molar-refractivity contribution in [1.82, 2.24) is 15.0 Å². The summed E-state index contributed by atoms with van der Waals surface area (Å²) in [5.41, 5.74) is 8.25.